The standard InChI is InChI=1S/C24H24N2/c1-13-10-21-23-17(14(13)2)7-5-9-19(23)20-12-26-15(3)18-8-4-6-16(18)11-22(26)24(20)25-21/h10-11H,3-9,12H2,1-2H3. The molecule has 0 unspecified atom stereocenters. The molecule has 1 aromatic carbocycles. The molecular weight excluding hydrogens is 316 g/mol. The topological polar surface area (TPSA) is 16.1 Å². The molecule has 2 aliphatic carbocycles. The first-order valence-electron chi connectivity index (χ1n) is 9.99. The number of nitrogens with zero attached hydrogens (tertiary/aromatic N) is 2. The van der Waals surface area contributed by atoms with Crippen molar-refractivity contribution in [2.45, 2.75) is 58.9 Å². The van der Waals surface area contributed by atoms with Crippen LogP contribution in [0.4, 0.5) is 0 Å². The second-order valence-corrected chi connectivity index (χ2v) is 8.38. The number of hydrogen-bond acceptors (Lipinski definition) is 2. The predicted molar refractivity (Wildman–Crippen MR) is 107 cm³/mol. The first kappa shape index (κ1) is 14.8. The van der Waals surface area contributed by atoms with Crippen LogP contribution in [0, 0.1) is 13.8 Å². The third-order valence-corrected chi connectivity index (χ3v) is 7.09. The van der Waals surface area contributed by atoms with Gasteiger partial charge in [0.2, 0.25) is 0 Å². The maximum atomic E-state index is 5.22. The summed E-state index contributed by atoms with van der Waals surface area (Å²) in [5.41, 5.74) is 15.4. The molecule has 6 rings (SSSR count). The minimum absolute atomic E-state index is 0.960. The van der Waals surface area contributed by atoms with E-state index in [0.717, 1.165) is 6.54 Å². The Hall–Kier alpha value is -2.35. The Labute approximate surface area is 154 Å². The summed E-state index contributed by atoms with van der Waals surface area (Å²) in [6.45, 7) is 9.95. The lowest BCUT2D eigenvalue weighted by Gasteiger charge is -2.28. The summed E-state index contributed by atoms with van der Waals surface area (Å²) >= 11 is 0. The molecule has 2 aromatic rings. The molecule has 2 nitrogen and oxygen atoms in total. The minimum Gasteiger partial charge on any atom is -0.335 e. The Morgan fingerprint density at radius 2 is 1.81 bits per heavy atom. The molecule has 0 amide bonds. The summed E-state index contributed by atoms with van der Waals surface area (Å²) in [5.74, 6) is 0. The van der Waals surface area contributed by atoms with E-state index in [9.17, 15) is 0 Å². The average molecular weight is 340 g/mol. The van der Waals surface area contributed by atoms with E-state index < -0.39 is 0 Å². The molecule has 0 saturated carbocycles. The summed E-state index contributed by atoms with van der Waals surface area (Å²) in [4.78, 5) is 7.66. The van der Waals surface area contributed by atoms with Gasteiger partial charge < -0.3 is 4.90 Å². The van der Waals surface area contributed by atoms with Gasteiger partial charge in [-0.2, -0.15) is 0 Å². The second-order valence-electron chi connectivity index (χ2n) is 8.38. The van der Waals surface area contributed by atoms with Crippen molar-refractivity contribution >= 4 is 16.6 Å². The SMILES string of the molecule is C=C1C2=C(C=C3c4nc5cc(C)c(C)c6c5c(c4CN13)CCC6)CCC2. The Kier molecular flexibility index (Phi) is 2.77. The molecular formula is C24H24N2. The van der Waals surface area contributed by atoms with Gasteiger partial charge in [0.15, 0.2) is 0 Å². The molecule has 0 N–H and O–H groups in total. The van der Waals surface area contributed by atoms with Gasteiger partial charge in [0, 0.05) is 16.6 Å². The highest BCUT2D eigenvalue weighted by molar-refractivity contribution is 5.93. The molecule has 4 aliphatic rings. The fraction of sp³-hybridized carbons (Fsp3) is 0.375. The van der Waals surface area contributed by atoms with E-state index in [4.69, 9.17) is 4.98 Å². The number of allylic oxidation sites excluding steroid dienone is 3. The van der Waals surface area contributed by atoms with Crippen molar-refractivity contribution in [1.29, 1.82) is 0 Å². The van der Waals surface area contributed by atoms with Gasteiger partial charge >= 0.3 is 0 Å². The van der Waals surface area contributed by atoms with Crippen molar-refractivity contribution in [2.24, 2.45) is 0 Å². The molecule has 0 saturated heterocycles. The predicted octanol–water partition coefficient (Wildman–Crippen LogP) is 5.50. The lowest BCUT2D eigenvalue weighted by molar-refractivity contribution is 0.508. The maximum absolute atomic E-state index is 5.22. The zero-order chi connectivity index (χ0) is 17.6. The van der Waals surface area contributed by atoms with Crippen LogP contribution >= 0.6 is 0 Å². The first-order chi connectivity index (χ1) is 12.6. The number of pyridine rings is 1. The van der Waals surface area contributed by atoms with Gasteiger partial charge in [-0.25, -0.2) is 4.98 Å². The Bertz CT molecular complexity index is 1100. The molecule has 0 radical (unpaired) electrons. The van der Waals surface area contributed by atoms with Crippen LogP contribution in [0.25, 0.3) is 16.6 Å². The monoisotopic (exact) mass is 340 g/mol. The van der Waals surface area contributed by atoms with Crippen molar-refractivity contribution in [1.82, 2.24) is 9.88 Å². The molecule has 2 heteroatoms. The van der Waals surface area contributed by atoms with Crippen LogP contribution in [0.5, 0.6) is 0 Å². The summed E-state index contributed by atoms with van der Waals surface area (Å²) in [5, 5.41) is 1.46. The van der Waals surface area contributed by atoms with Gasteiger partial charge in [0.25, 0.3) is 0 Å². The van der Waals surface area contributed by atoms with Crippen molar-refractivity contribution in [2.75, 3.05) is 0 Å². The van der Waals surface area contributed by atoms with Gasteiger partial charge in [0.05, 0.1) is 23.5 Å². The summed E-state index contributed by atoms with van der Waals surface area (Å²) in [6, 6.07) is 2.31. The van der Waals surface area contributed by atoms with Gasteiger partial charge in [-0.05, 0) is 97.9 Å². The van der Waals surface area contributed by atoms with Crippen molar-refractivity contribution in [3.8, 4) is 0 Å². The summed E-state index contributed by atoms with van der Waals surface area (Å²) in [6.07, 6.45) is 9.73. The third kappa shape index (κ3) is 1.70. The Balaban J connectivity index is 1.66. The molecule has 0 fully saturated rings. The highest BCUT2D eigenvalue weighted by Crippen LogP contribution is 2.48. The van der Waals surface area contributed by atoms with Crippen LogP contribution in [0.15, 0.2) is 35.6 Å². The third-order valence-electron chi connectivity index (χ3n) is 7.09. The quantitative estimate of drug-likeness (QED) is 0.629. The van der Waals surface area contributed by atoms with Crippen molar-refractivity contribution in [3.05, 3.63) is 69.1 Å². The normalized spacial score (nSPS) is 20.5. The summed E-state index contributed by atoms with van der Waals surface area (Å²) in [7, 11) is 0. The van der Waals surface area contributed by atoms with Crippen LogP contribution in [0.1, 0.15) is 59.2 Å². The molecule has 2 aliphatic heterocycles. The second kappa shape index (κ2) is 4.88. The molecule has 1 aromatic heterocycles. The van der Waals surface area contributed by atoms with E-state index >= 15 is 0 Å². The number of fused-ring (bicyclic) bond motifs is 4. The van der Waals surface area contributed by atoms with Crippen LogP contribution < -0.4 is 0 Å². The van der Waals surface area contributed by atoms with Gasteiger partial charge in [0.1, 0.15) is 0 Å². The van der Waals surface area contributed by atoms with Crippen LogP contribution in [-0.2, 0) is 19.4 Å². The highest BCUT2D eigenvalue weighted by atomic mass is 15.2. The van der Waals surface area contributed by atoms with Gasteiger partial charge in [-0.3, -0.25) is 0 Å². The van der Waals surface area contributed by atoms with E-state index in [0.29, 0.717) is 0 Å². The van der Waals surface area contributed by atoms with E-state index in [1.807, 2.05) is 0 Å². The zero-order valence-corrected chi connectivity index (χ0v) is 15.7. The van der Waals surface area contributed by atoms with Crippen LogP contribution in [0.2, 0.25) is 0 Å². The smallest absolute Gasteiger partial charge is 0.0927 e. The van der Waals surface area contributed by atoms with Crippen LogP contribution in [-0.4, -0.2) is 9.88 Å². The molecule has 0 spiro atoms. The average Bonchev–Trinajstić information content (AvgIpc) is 3.25. The molecule has 3 heterocycles. The largest absolute Gasteiger partial charge is 0.335 e. The fourth-order valence-electron chi connectivity index (χ4n) is 5.63. The fourth-order valence-corrected chi connectivity index (χ4v) is 5.63. The Morgan fingerprint density at radius 1 is 1.00 bits per heavy atom. The molecule has 26 heavy (non-hydrogen) atoms. The van der Waals surface area contributed by atoms with Gasteiger partial charge in [-0.1, -0.05) is 6.58 Å². The van der Waals surface area contributed by atoms with Gasteiger partial charge in [-0.15, -0.1) is 0 Å². The maximum Gasteiger partial charge on any atom is 0.0927 e. The molecule has 0 atom stereocenters. The van der Waals surface area contributed by atoms with E-state index in [-0.39, 0.29) is 0 Å². The number of hydrogen-bond donors (Lipinski definition) is 0. The van der Waals surface area contributed by atoms with Crippen molar-refractivity contribution < 1.29 is 0 Å². The number of rotatable bonds is 0. The van der Waals surface area contributed by atoms with E-state index in [1.165, 1.54) is 94.4 Å². The number of benzene rings is 1. The Morgan fingerprint density at radius 3 is 2.69 bits per heavy atom. The molecule has 0 bridgehead atoms. The van der Waals surface area contributed by atoms with E-state index in [2.05, 4.69) is 37.5 Å². The first-order valence-corrected chi connectivity index (χ1v) is 9.99. The van der Waals surface area contributed by atoms with Crippen LogP contribution in [0.3, 0.4) is 0 Å². The molecule has 130 valence electrons. The lowest BCUT2D eigenvalue weighted by atomic mass is 9.83. The minimum atomic E-state index is 0.960. The zero-order valence-electron chi connectivity index (χ0n) is 15.7. The number of aryl methyl sites for hydroxylation is 3. The lowest BCUT2D eigenvalue weighted by Crippen LogP contribution is -2.19. The summed E-state index contributed by atoms with van der Waals surface area (Å²) < 4.78 is 0. The number of aromatic nitrogens is 1. The van der Waals surface area contributed by atoms with E-state index in [1.54, 1.807) is 11.1 Å². The highest BCUT2D eigenvalue weighted by Gasteiger charge is 2.36. The van der Waals surface area contributed by atoms with Crippen molar-refractivity contribution in [3.63, 3.8) is 0 Å².